The molecular formula is C14H9ClF4O2. The molecular weight excluding hydrogens is 312 g/mol. The second-order valence-electron chi connectivity index (χ2n) is 3.95. The summed E-state index contributed by atoms with van der Waals surface area (Å²) < 4.78 is 62.3. The summed E-state index contributed by atoms with van der Waals surface area (Å²) in [4.78, 5) is 0. The van der Waals surface area contributed by atoms with Crippen LogP contribution in [-0.4, -0.2) is 13.2 Å². The van der Waals surface area contributed by atoms with E-state index in [9.17, 15) is 17.6 Å². The van der Waals surface area contributed by atoms with Crippen molar-refractivity contribution in [2.75, 3.05) is 13.2 Å². The van der Waals surface area contributed by atoms with Gasteiger partial charge < -0.3 is 9.47 Å². The second kappa shape index (κ2) is 6.67. The topological polar surface area (TPSA) is 18.5 Å². The molecule has 0 saturated heterocycles. The zero-order valence-electron chi connectivity index (χ0n) is 10.5. The molecule has 0 atom stereocenters. The predicted octanol–water partition coefficient (Wildman–Crippen LogP) is 4.35. The molecule has 0 saturated carbocycles. The number of hydrogen-bond donors (Lipinski definition) is 0. The first-order valence-corrected chi connectivity index (χ1v) is 6.21. The van der Waals surface area contributed by atoms with E-state index in [0.717, 1.165) is 0 Å². The molecule has 0 aliphatic heterocycles. The molecule has 0 aliphatic rings. The molecule has 0 fully saturated rings. The van der Waals surface area contributed by atoms with E-state index in [2.05, 4.69) is 0 Å². The first-order valence-electron chi connectivity index (χ1n) is 5.83. The van der Waals surface area contributed by atoms with Crippen LogP contribution < -0.4 is 9.47 Å². The summed E-state index contributed by atoms with van der Waals surface area (Å²) in [5.74, 6) is -6.85. The molecule has 0 unspecified atom stereocenters. The van der Waals surface area contributed by atoms with E-state index < -0.39 is 29.0 Å². The van der Waals surface area contributed by atoms with Gasteiger partial charge in [0.05, 0.1) is 0 Å². The molecule has 0 aliphatic carbocycles. The van der Waals surface area contributed by atoms with Crippen molar-refractivity contribution in [2.45, 2.75) is 0 Å². The van der Waals surface area contributed by atoms with Crippen LogP contribution in [0.4, 0.5) is 17.6 Å². The van der Waals surface area contributed by atoms with Gasteiger partial charge in [-0.05, 0) is 24.3 Å². The minimum Gasteiger partial charge on any atom is -0.490 e. The van der Waals surface area contributed by atoms with Gasteiger partial charge in [-0.1, -0.05) is 11.6 Å². The Hall–Kier alpha value is -1.95. The second-order valence-corrected chi connectivity index (χ2v) is 4.38. The highest BCUT2D eigenvalue weighted by Gasteiger charge is 2.20. The van der Waals surface area contributed by atoms with Crippen molar-refractivity contribution in [1.82, 2.24) is 0 Å². The van der Waals surface area contributed by atoms with Crippen molar-refractivity contribution in [3.63, 3.8) is 0 Å². The smallest absolute Gasteiger partial charge is 0.203 e. The number of hydrogen-bond acceptors (Lipinski definition) is 2. The molecule has 2 aromatic rings. The fraction of sp³-hybridized carbons (Fsp3) is 0.143. The van der Waals surface area contributed by atoms with E-state index in [1.807, 2.05) is 0 Å². The zero-order valence-corrected chi connectivity index (χ0v) is 11.3. The largest absolute Gasteiger partial charge is 0.490 e. The van der Waals surface area contributed by atoms with Crippen LogP contribution in [0.25, 0.3) is 0 Å². The fourth-order valence-electron chi connectivity index (χ4n) is 1.51. The molecule has 0 aromatic heterocycles. The lowest BCUT2D eigenvalue weighted by atomic mass is 10.3. The van der Waals surface area contributed by atoms with E-state index in [-0.39, 0.29) is 19.3 Å². The third kappa shape index (κ3) is 3.78. The Morgan fingerprint density at radius 2 is 1.33 bits per heavy atom. The average Bonchev–Trinajstić information content (AvgIpc) is 2.46. The van der Waals surface area contributed by atoms with Crippen molar-refractivity contribution in [1.29, 1.82) is 0 Å². The summed E-state index contributed by atoms with van der Waals surface area (Å²) in [6.07, 6.45) is 0. The lowest BCUT2D eigenvalue weighted by Crippen LogP contribution is -2.12. The molecule has 21 heavy (non-hydrogen) atoms. The minimum atomic E-state index is -1.58. The normalized spacial score (nSPS) is 10.5. The SMILES string of the molecule is Fc1cc(F)c(F)c(OCCOc2ccc(Cl)cc2)c1F. The fourth-order valence-corrected chi connectivity index (χ4v) is 1.64. The van der Waals surface area contributed by atoms with Gasteiger partial charge in [0.15, 0.2) is 17.4 Å². The minimum absolute atomic E-state index is 0.0708. The monoisotopic (exact) mass is 320 g/mol. The summed E-state index contributed by atoms with van der Waals surface area (Å²) in [6, 6.07) is 6.48. The van der Waals surface area contributed by atoms with Gasteiger partial charge in [-0.2, -0.15) is 8.78 Å². The summed E-state index contributed by atoms with van der Waals surface area (Å²) in [5.41, 5.74) is 0. The molecule has 112 valence electrons. The van der Waals surface area contributed by atoms with Gasteiger partial charge in [-0.3, -0.25) is 0 Å². The lowest BCUT2D eigenvalue weighted by Gasteiger charge is -2.10. The molecule has 2 nitrogen and oxygen atoms in total. The molecule has 0 N–H and O–H groups in total. The van der Waals surface area contributed by atoms with E-state index >= 15 is 0 Å². The van der Waals surface area contributed by atoms with Gasteiger partial charge in [-0.25, -0.2) is 8.78 Å². The number of halogens is 5. The zero-order chi connectivity index (χ0) is 15.4. The van der Waals surface area contributed by atoms with E-state index in [4.69, 9.17) is 21.1 Å². The third-order valence-corrected chi connectivity index (χ3v) is 2.74. The lowest BCUT2D eigenvalue weighted by molar-refractivity contribution is 0.201. The predicted molar refractivity (Wildman–Crippen MR) is 68.7 cm³/mol. The molecule has 0 amide bonds. The highest BCUT2D eigenvalue weighted by Crippen LogP contribution is 2.26. The first kappa shape index (κ1) is 15.4. The number of benzene rings is 2. The van der Waals surface area contributed by atoms with Crippen LogP contribution in [-0.2, 0) is 0 Å². The van der Waals surface area contributed by atoms with Crippen molar-refractivity contribution >= 4 is 11.6 Å². The van der Waals surface area contributed by atoms with Crippen LogP contribution in [0.5, 0.6) is 11.5 Å². The maximum Gasteiger partial charge on any atom is 0.203 e. The number of ether oxygens (including phenoxy) is 2. The van der Waals surface area contributed by atoms with Crippen molar-refractivity contribution in [2.24, 2.45) is 0 Å². The number of rotatable bonds is 5. The maximum absolute atomic E-state index is 13.3. The van der Waals surface area contributed by atoms with Crippen LogP contribution >= 0.6 is 11.6 Å². The maximum atomic E-state index is 13.3. The van der Waals surface area contributed by atoms with Crippen LogP contribution in [0.1, 0.15) is 0 Å². The van der Waals surface area contributed by atoms with Gasteiger partial charge >= 0.3 is 0 Å². The van der Waals surface area contributed by atoms with E-state index in [1.165, 1.54) is 0 Å². The molecule has 0 radical (unpaired) electrons. The standard InChI is InChI=1S/C14H9ClF4O2/c15-8-1-3-9(4-2-8)20-5-6-21-14-12(18)10(16)7-11(17)13(14)19/h1-4,7H,5-6H2. The summed E-state index contributed by atoms with van der Waals surface area (Å²) in [6.45, 7) is -0.363. The molecule has 2 aromatic carbocycles. The Bertz CT molecular complexity index is 606. The van der Waals surface area contributed by atoms with Crippen LogP contribution in [0.15, 0.2) is 30.3 Å². The highest BCUT2D eigenvalue weighted by atomic mass is 35.5. The molecule has 2 rings (SSSR count). The Morgan fingerprint density at radius 3 is 1.90 bits per heavy atom. The van der Waals surface area contributed by atoms with Crippen molar-refractivity contribution < 1.29 is 27.0 Å². The van der Waals surface area contributed by atoms with Crippen LogP contribution in [0.2, 0.25) is 5.02 Å². The summed E-state index contributed by atoms with van der Waals surface area (Å²) in [5, 5.41) is 0.526. The molecule has 0 bridgehead atoms. The van der Waals surface area contributed by atoms with Gasteiger partial charge in [0.2, 0.25) is 11.6 Å². The molecule has 0 spiro atoms. The van der Waals surface area contributed by atoms with E-state index in [0.29, 0.717) is 10.8 Å². The van der Waals surface area contributed by atoms with Crippen molar-refractivity contribution in [3.05, 3.63) is 58.6 Å². The van der Waals surface area contributed by atoms with Gasteiger partial charge in [-0.15, -0.1) is 0 Å². The Morgan fingerprint density at radius 1 is 0.810 bits per heavy atom. The Labute approximate surface area is 122 Å². The molecule has 0 heterocycles. The van der Waals surface area contributed by atoms with Crippen LogP contribution in [0.3, 0.4) is 0 Å². The van der Waals surface area contributed by atoms with Crippen LogP contribution in [0, 0.1) is 23.3 Å². The Balaban J connectivity index is 1.93. The molecule has 7 heteroatoms. The summed E-state index contributed by atoms with van der Waals surface area (Å²) >= 11 is 5.68. The quantitative estimate of drug-likeness (QED) is 0.463. The van der Waals surface area contributed by atoms with Gasteiger partial charge in [0.25, 0.3) is 0 Å². The van der Waals surface area contributed by atoms with Crippen molar-refractivity contribution in [3.8, 4) is 11.5 Å². The highest BCUT2D eigenvalue weighted by molar-refractivity contribution is 6.30. The van der Waals surface area contributed by atoms with Gasteiger partial charge in [0.1, 0.15) is 19.0 Å². The average molecular weight is 321 g/mol. The van der Waals surface area contributed by atoms with E-state index in [1.54, 1.807) is 24.3 Å². The summed E-state index contributed by atoms with van der Waals surface area (Å²) in [7, 11) is 0. The van der Waals surface area contributed by atoms with Gasteiger partial charge in [0, 0.05) is 11.1 Å². The first-order chi connectivity index (χ1) is 9.99. The Kier molecular flexibility index (Phi) is 4.90. The third-order valence-electron chi connectivity index (χ3n) is 2.48.